The Labute approximate surface area is 129 Å². The van der Waals surface area contributed by atoms with Gasteiger partial charge in [-0.3, -0.25) is 14.3 Å². The van der Waals surface area contributed by atoms with Crippen molar-refractivity contribution in [2.75, 3.05) is 18.6 Å². The number of rotatable bonds is 6. The number of hydrogen-bond acceptors (Lipinski definition) is 3. The number of carbonyl (C=O) groups excluding carboxylic acids is 1. The van der Waals surface area contributed by atoms with Crippen LogP contribution in [0.1, 0.15) is 37.1 Å². The minimum Gasteiger partial charge on any atom is -0.321 e. The fourth-order valence-corrected chi connectivity index (χ4v) is 3.21. The summed E-state index contributed by atoms with van der Waals surface area (Å²) in [5.41, 5.74) is 2.28. The maximum Gasteiger partial charge on any atom is 0.241 e. The molecule has 1 N–H and O–H groups in total. The molecule has 21 heavy (non-hydrogen) atoms. The Balaban J connectivity index is 2.22. The molecule has 116 valence electrons. The Morgan fingerprint density at radius 3 is 2.76 bits per heavy atom. The highest BCUT2D eigenvalue weighted by atomic mass is 32.2. The van der Waals surface area contributed by atoms with E-state index in [1.165, 1.54) is 5.56 Å². The van der Waals surface area contributed by atoms with E-state index in [0.29, 0.717) is 12.3 Å². The van der Waals surface area contributed by atoms with Crippen molar-refractivity contribution in [3.63, 3.8) is 0 Å². The van der Waals surface area contributed by atoms with Crippen molar-refractivity contribution in [3.05, 3.63) is 35.4 Å². The normalized spacial score (nSPS) is 23.6. The molecule has 1 amide bonds. The van der Waals surface area contributed by atoms with Crippen molar-refractivity contribution in [3.8, 4) is 0 Å². The van der Waals surface area contributed by atoms with Gasteiger partial charge < -0.3 is 4.90 Å². The van der Waals surface area contributed by atoms with Gasteiger partial charge in [-0.15, -0.1) is 0 Å². The summed E-state index contributed by atoms with van der Waals surface area (Å²) in [6, 6.07) is 8.10. The zero-order chi connectivity index (χ0) is 15.4. The van der Waals surface area contributed by atoms with Crippen molar-refractivity contribution in [2.24, 2.45) is 0 Å². The van der Waals surface area contributed by atoms with Crippen molar-refractivity contribution >= 4 is 16.7 Å². The summed E-state index contributed by atoms with van der Waals surface area (Å²) >= 11 is 0. The average Bonchev–Trinajstić information content (AvgIpc) is 2.74. The van der Waals surface area contributed by atoms with Crippen LogP contribution in [-0.2, 0) is 15.6 Å². The van der Waals surface area contributed by atoms with Gasteiger partial charge >= 0.3 is 0 Å². The molecule has 1 saturated heterocycles. The Kier molecular flexibility index (Phi) is 5.53. The molecule has 2 rings (SSSR count). The van der Waals surface area contributed by atoms with Gasteiger partial charge in [0.25, 0.3) is 0 Å². The zero-order valence-electron chi connectivity index (χ0n) is 13.0. The highest BCUT2D eigenvalue weighted by Crippen LogP contribution is 2.27. The van der Waals surface area contributed by atoms with E-state index in [1.807, 2.05) is 17.0 Å². The van der Waals surface area contributed by atoms with Crippen molar-refractivity contribution in [2.45, 2.75) is 38.9 Å². The number of carbonyl (C=O) groups is 1. The van der Waals surface area contributed by atoms with Crippen LogP contribution in [-0.4, -0.2) is 39.6 Å². The smallest absolute Gasteiger partial charge is 0.241 e. The summed E-state index contributed by atoms with van der Waals surface area (Å²) in [7, 11) is -0.889. The minimum atomic E-state index is -0.889. The van der Waals surface area contributed by atoms with Gasteiger partial charge in [0.15, 0.2) is 0 Å². The van der Waals surface area contributed by atoms with Gasteiger partial charge in [-0.1, -0.05) is 43.2 Å². The van der Waals surface area contributed by atoms with Crippen LogP contribution in [0, 0.1) is 6.92 Å². The molecule has 0 aliphatic carbocycles. The van der Waals surface area contributed by atoms with Crippen LogP contribution in [0.25, 0.3) is 0 Å². The van der Waals surface area contributed by atoms with Gasteiger partial charge in [0.1, 0.15) is 6.17 Å². The predicted molar refractivity (Wildman–Crippen MR) is 86.4 cm³/mol. The molecule has 1 aliphatic rings. The molecule has 0 bridgehead atoms. The molecule has 0 aromatic heterocycles. The molecule has 1 fully saturated rings. The summed E-state index contributed by atoms with van der Waals surface area (Å²) in [6.45, 7) is 4.67. The van der Waals surface area contributed by atoms with Gasteiger partial charge in [0.2, 0.25) is 5.91 Å². The largest absolute Gasteiger partial charge is 0.321 e. The van der Waals surface area contributed by atoms with Gasteiger partial charge in [0.05, 0.1) is 6.04 Å². The second kappa shape index (κ2) is 7.18. The summed E-state index contributed by atoms with van der Waals surface area (Å²) < 4.78 is 11.4. The first-order valence-electron chi connectivity index (χ1n) is 7.46. The highest BCUT2D eigenvalue weighted by molar-refractivity contribution is 7.84. The average molecular weight is 308 g/mol. The second-order valence-corrected chi connectivity index (χ2v) is 7.19. The van der Waals surface area contributed by atoms with E-state index in [4.69, 9.17) is 0 Å². The topological polar surface area (TPSA) is 49.4 Å². The first-order valence-corrected chi connectivity index (χ1v) is 9.18. The summed E-state index contributed by atoms with van der Waals surface area (Å²) in [5.74, 6) is 0.656. The second-order valence-electron chi connectivity index (χ2n) is 5.63. The minimum absolute atomic E-state index is 0.0995. The molecule has 0 radical (unpaired) electrons. The van der Waals surface area contributed by atoms with Crippen LogP contribution in [0.3, 0.4) is 0 Å². The fraction of sp³-hybridized carbons (Fsp3) is 0.562. The molecule has 4 nitrogen and oxygen atoms in total. The monoisotopic (exact) mass is 308 g/mol. The standard InChI is InChI=1S/C16H24N2O2S/c1-4-6-14-16(19)18(9-10-21(3)20)15(17-14)13-8-5-7-12(2)11-13/h5,7-8,11,14-15,17H,4,6,9-10H2,1-3H3. The first kappa shape index (κ1) is 16.2. The van der Waals surface area contributed by atoms with Crippen LogP contribution in [0.2, 0.25) is 0 Å². The van der Waals surface area contributed by atoms with E-state index >= 15 is 0 Å². The number of nitrogens with zero attached hydrogens (tertiary/aromatic N) is 1. The molecular formula is C16H24N2O2S. The third-order valence-electron chi connectivity index (χ3n) is 3.81. The lowest BCUT2D eigenvalue weighted by atomic mass is 10.1. The Hall–Kier alpha value is -1.20. The molecule has 0 saturated carbocycles. The summed E-state index contributed by atoms with van der Waals surface area (Å²) in [4.78, 5) is 14.4. The van der Waals surface area contributed by atoms with Crippen LogP contribution in [0.5, 0.6) is 0 Å². The molecular weight excluding hydrogens is 284 g/mol. The molecule has 1 aliphatic heterocycles. The third kappa shape index (κ3) is 3.92. The molecule has 5 heteroatoms. The lowest BCUT2D eigenvalue weighted by molar-refractivity contribution is -0.130. The van der Waals surface area contributed by atoms with E-state index in [9.17, 15) is 9.00 Å². The van der Waals surface area contributed by atoms with Crippen LogP contribution in [0.15, 0.2) is 24.3 Å². The number of nitrogens with one attached hydrogen (secondary N) is 1. The Bertz CT molecular complexity index is 533. The number of amides is 1. The molecule has 3 atom stereocenters. The van der Waals surface area contributed by atoms with Gasteiger partial charge in [-0.05, 0) is 18.9 Å². The number of benzene rings is 1. The lowest BCUT2D eigenvalue weighted by Gasteiger charge is -2.24. The van der Waals surface area contributed by atoms with Crippen molar-refractivity contribution < 1.29 is 9.00 Å². The van der Waals surface area contributed by atoms with E-state index in [-0.39, 0.29) is 18.1 Å². The number of aryl methyl sites for hydroxylation is 1. The Morgan fingerprint density at radius 2 is 2.14 bits per heavy atom. The predicted octanol–water partition coefficient (Wildman–Crippen LogP) is 1.97. The van der Waals surface area contributed by atoms with E-state index in [2.05, 4.69) is 31.3 Å². The van der Waals surface area contributed by atoms with Crippen LogP contribution < -0.4 is 5.32 Å². The van der Waals surface area contributed by atoms with Crippen LogP contribution >= 0.6 is 0 Å². The third-order valence-corrected chi connectivity index (χ3v) is 4.56. The summed E-state index contributed by atoms with van der Waals surface area (Å²) in [5, 5.41) is 3.44. The molecule has 0 spiro atoms. The maximum atomic E-state index is 12.5. The molecule has 1 heterocycles. The quantitative estimate of drug-likeness (QED) is 0.874. The Morgan fingerprint density at radius 1 is 1.38 bits per heavy atom. The molecule has 1 aromatic rings. The highest BCUT2D eigenvalue weighted by Gasteiger charge is 2.38. The number of hydrogen-bond donors (Lipinski definition) is 1. The SMILES string of the molecule is CCCC1NC(c2cccc(C)c2)N(CCS(C)=O)C1=O. The van der Waals surface area contributed by atoms with Crippen molar-refractivity contribution in [1.29, 1.82) is 0 Å². The van der Waals surface area contributed by atoms with E-state index < -0.39 is 10.8 Å². The lowest BCUT2D eigenvalue weighted by Crippen LogP contribution is -2.34. The first-order chi connectivity index (χ1) is 10.0. The van der Waals surface area contributed by atoms with Crippen LogP contribution in [0.4, 0.5) is 0 Å². The zero-order valence-corrected chi connectivity index (χ0v) is 13.8. The van der Waals surface area contributed by atoms with Gasteiger partial charge in [-0.2, -0.15) is 0 Å². The summed E-state index contributed by atoms with van der Waals surface area (Å²) in [6.07, 6.45) is 3.39. The fourth-order valence-electron chi connectivity index (χ4n) is 2.76. The maximum absolute atomic E-state index is 12.5. The van der Waals surface area contributed by atoms with Gasteiger partial charge in [0, 0.05) is 29.4 Å². The molecule has 3 unspecified atom stereocenters. The van der Waals surface area contributed by atoms with E-state index in [1.54, 1.807) is 6.26 Å². The van der Waals surface area contributed by atoms with E-state index in [0.717, 1.165) is 18.4 Å². The van der Waals surface area contributed by atoms with Crippen molar-refractivity contribution in [1.82, 2.24) is 10.2 Å². The molecule has 1 aromatic carbocycles. The van der Waals surface area contributed by atoms with Gasteiger partial charge in [-0.25, -0.2) is 0 Å².